The number of phenols is 1. The third-order valence-electron chi connectivity index (χ3n) is 1.19. The van der Waals surface area contributed by atoms with E-state index >= 15 is 0 Å². The van der Waals surface area contributed by atoms with Gasteiger partial charge in [-0.3, -0.25) is 0 Å². The quantitative estimate of drug-likeness (QED) is 0.537. The number of hydrogen-bond acceptors (Lipinski definition) is 2. The minimum Gasteiger partial charge on any atom is -1.00 e. The number of aromatic hydroxyl groups is 1. The van der Waals surface area contributed by atoms with Crippen molar-refractivity contribution in [3.8, 4) is 5.75 Å². The molecule has 0 aliphatic rings. The third kappa shape index (κ3) is 2.45. The number of aromatic carboxylic acids is 1. The topological polar surface area (TPSA) is 57.5 Å². The molecular formula is C7H6ClLiO3. The number of carboxylic acids is 1. The first-order valence-corrected chi connectivity index (χ1v) is 3.21. The Morgan fingerprint density at radius 3 is 2.50 bits per heavy atom. The molecule has 0 heterocycles. The third-order valence-corrected chi connectivity index (χ3v) is 1.42. The van der Waals surface area contributed by atoms with Crippen molar-refractivity contribution in [3.63, 3.8) is 0 Å². The van der Waals surface area contributed by atoms with E-state index in [-0.39, 0.29) is 31.6 Å². The molecule has 1 rings (SSSR count). The van der Waals surface area contributed by atoms with Gasteiger partial charge in [-0.25, -0.2) is 4.79 Å². The first-order valence-electron chi connectivity index (χ1n) is 2.83. The van der Waals surface area contributed by atoms with Crippen molar-refractivity contribution in [1.29, 1.82) is 0 Å². The van der Waals surface area contributed by atoms with Crippen molar-refractivity contribution in [2.75, 3.05) is 0 Å². The summed E-state index contributed by atoms with van der Waals surface area (Å²) in [6, 6.07) is 3.86. The summed E-state index contributed by atoms with van der Waals surface area (Å²) in [5, 5.41) is 17.7. The predicted octanol–water partition coefficient (Wildman–Crippen LogP) is -1.14. The van der Waals surface area contributed by atoms with E-state index in [2.05, 4.69) is 0 Å². The Kier molecular flexibility index (Phi) is 4.19. The number of rotatable bonds is 1. The number of carbonyl (C=O) groups is 1. The Hall–Kier alpha value is -0.623. The zero-order chi connectivity index (χ0) is 8.43. The summed E-state index contributed by atoms with van der Waals surface area (Å²) in [4.78, 5) is 10.4. The van der Waals surface area contributed by atoms with E-state index in [1.54, 1.807) is 0 Å². The molecule has 3 nitrogen and oxygen atoms in total. The zero-order valence-corrected chi connectivity index (χ0v) is 7.17. The van der Waals surface area contributed by atoms with Crippen molar-refractivity contribution >= 4 is 17.6 Å². The van der Waals surface area contributed by atoms with Gasteiger partial charge in [0.25, 0.3) is 0 Å². The first-order chi connectivity index (χ1) is 5.11. The summed E-state index contributed by atoms with van der Waals surface area (Å²) in [7, 11) is 0. The van der Waals surface area contributed by atoms with Crippen molar-refractivity contribution in [3.05, 3.63) is 28.8 Å². The van der Waals surface area contributed by atoms with Crippen molar-refractivity contribution in [2.24, 2.45) is 0 Å². The van der Waals surface area contributed by atoms with Gasteiger partial charge in [0.2, 0.25) is 0 Å². The summed E-state index contributed by atoms with van der Waals surface area (Å²) in [5.41, 5.74) is -0.183. The van der Waals surface area contributed by atoms with Gasteiger partial charge in [0.05, 0.1) is 0 Å². The minimum absolute atomic E-state index is 0. The molecule has 0 aromatic heterocycles. The van der Waals surface area contributed by atoms with Crippen LogP contribution in [0.1, 0.15) is 11.8 Å². The second kappa shape index (κ2) is 4.41. The molecule has 1 aromatic rings. The van der Waals surface area contributed by atoms with Gasteiger partial charge in [0.15, 0.2) is 0 Å². The Bertz CT molecular complexity index is 306. The zero-order valence-electron chi connectivity index (χ0n) is 7.41. The second-order valence-electron chi connectivity index (χ2n) is 1.97. The molecule has 12 heavy (non-hydrogen) atoms. The Morgan fingerprint density at radius 1 is 1.50 bits per heavy atom. The monoisotopic (exact) mass is 180 g/mol. The second-order valence-corrected chi connectivity index (χ2v) is 2.40. The van der Waals surface area contributed by atoms with E-state index in [0.717, 1.165) is 0 Å². The molecule has 0 unspecified atom stereocenters. The maximum absolute atomic E-state index is 10.4. The van der Waals surface area contributed by atoms with Crippen LogP contribution in [-0.2, 0) is 0 Å². The number of hydrogen-bond donors (Lipinski definition) is 2. The fraction of sp³-hybridized carbons (Fsp3) is 0. The average molecular weight is 181 g/mol. The molecule has 2 N–H and O–H groups in total. The number of halogens is 1. The summed E-state index contributed by atoms with van der Waals surface area (Å²) in [6.07, 6.45) is 0. The maximum atomic E-state index is 10.4. The Balaban J connectivity index is 0. The van der Waals surface area contributed by atoms with Crippen LogP contribution in [0.3, 0.4) is 0 Å². The van der Waals surface area contributed by atoms with Crippen LogP contribution in [0.5, 0.6) is 5.75 Å². The molecule has 0 spiro atoms. The molecule has 5 heteroatoms. The van der Waals surface area contributed by atoms with Crippen LogP contribution < -0.4 is 18.9 Å². The normalized spacial score (nSPS) is 8.75. The first kappa shape index (κ1) is 11.4. The standard InChI is InChI=1S/C7H5ClO3.Li.H/c8-4-1-2-6(9)5(3-4)7(10)11;;/h1-3,9H,(H,10,11);;/q;+1;-1. The SMILES string of the molecule is O=C(O)c1cc(Cl)ccc1O.[H-].[Li+]. The maximum Gasteiger partial charge on any atom is 1.00 e. The predicted molar refractivity (Wildman–Crippen MR) is 41.2 cm³/mol. The van der Waals surface area contributed by atoms with Crippen LogP contribution in [0, 0.1) is 0 Å². The fourth-order valence-corrected chi connectivity index (χ4v) is 0.852. The number of benzene rings is 1. The van der Waals surface area contributed by atoms with E-state index in [1.807, 2.05) is 0 Å². The summed E-state index contributed by atoms with van der Waals surface area (Å²) >= 11 is 5.49. The van der Waals surface area contributed by atoms with E-state index in [1.165, 1.54) is 18.2 Å². The van der Waals surface area contributed by atoms with E-state index in [0.29, 0.717) is 5.02 Å². The molecule has 0 atom stereocenters. The molecule has 0 saturated heterocycles. The average Bonchev–Trinajstić information content (AvgIpc) is 1.94. The smallest absolute Gasteiger partial charge is 1.00 e. The largest absolute Gasteiger partial charge is 1.00 e. The van der Waals surface area contributed by atoms with Gasteiger partial charge in [-0.1, -0.05) is 11.6 Å². The molecule has 0 aliphatic heterocycles. The fourth-order valence-electron chi connectivity index (χ4n) is 0.680. The summed E-state index contributed by atoms with van der Waals surface area (Å²) < 4.78 is 0. The molecular weight excluding hydrogens is 174 g/mol. The van der Waals surface area contributed by atoms with Crippen LogP contribution in [0.2, 0.25) is 5.02 Å². The van der Waals surface area contributed by atoms with Gasteiger partial charge < -0.3 is 11.6 Å². The Morgan fingerprint density at radius 2 is 2.08 bits per heavy atom. The molecule has 0 saturated carbocycles. The molecule has 0 amide bonds. The van der Waals surface area contributed by atoms with Crippen LogP contribution in [0.15, 0.2) is 18.2 Å². The van der Waals surface area contributed by atoms with Gasteiger partial charge in [-0.05, 0) is 18.2 Å². The van der Waals surface area contributed by atoms with Crippen LogP contribution in [-0.4, -0.2) is 16.2 Å². The molecule has 0 bridgehead atoms. The number of carboxylic acid groups (broad SMARTS) is 1. The molecule has 60 valence electrons. The summed E-state index contributed by atoms with van der Waals surface area (Å²) in [5.74, 6) is -1.47. The van der Waals surface area contributed by atoms with Crippen LogP contribution >= 0.6 is 11.6 Å². The molecule has 1 aromatic carbocycles. The summed E-state index contributed by atoms with van der Waals surface area (Å²) in [6.45, 7) is 0. The van der Waals surface area contributed by atoms with Crippen LogP contribution in [0.4, 0.5) is 0 Å². The molecule has 0 aliphatic carbocycles. The molecule has 0 radical (unpaired) electrons. The van der Waals surface area contributed by atoms with Gasteiger partial charge in [-0.2, -0.15) is 0 Å². The van der Waals surface area contributed by atoms with Gasteiger partial charge in [-0.15, -0.1) is 0 Å². The van der Waals surface area contributed by atoms with E-state index < -0.39 is 5.97 Å². The minimum atomic E-state index is -1.19. The van der Waals surface area contributed by atoms with Crippen molar-refractivity contribution in [1.82, 2.24) is 0 Å². The van der Waals surface area contributed by atoms with Crippen LogP contribution in [0.25, 0.3) is 0 Å². The van der Waals surface area contributed by atoms with Crippen molar-refractivity contribution < 1.29 is 35.3 Å². The van der Waals surface area contributed by atoms with Gasteiger partial charge in [0.1, 0.15) is 11.3 Å². The van der Waals surface area contributed by atoms with Gasteiger partial charge >= 0.3 is 24.8 Å². The van der Waals surface area contributed by atoms with Crippen molar-refractivity contribution in [2.45, 2.75) is 0 Å². The Labute approximate surface area is 87.6 Å². The molecule has 0 fully saturated rings. The van der Waals surface area contributed by atoms with E-state index in [4.69, 9.17) is 21.8 Å². The van der Waals surface area contributed by atoms with E-state index in [9.17, 15) is 4.79 Å². The van der Waals surface area contributed by atoms with Gasteiger partial charge in [0, 0.05) is 5.02 Å².